The van der Waals surface area contributed by atoms with Gasteiger partial charge in [0.2, 0.25) is 0 Å². The molecule has 0 amide bonds. The summed E-state index contributed by atoms with van der Waals surface area (Å²) < 4.78 is 0. The van der Waals surface area contributed by atoms with Gasteiger partial charge < -0.3 is 0 Å². The van der Waals surface area contributed by atoms with Crippen LogP contribution in [0.25, 0.3) is 0 Å². The Morgan fingerprint density at radius 2 is 1.78 bits per heavy atom. The van der Waals surface area contributed by atoms with Crippen LogP contribution in [-0.4, -0.2) is 11.6 Å². The normalized spacial score (nSPS) is 51.3. The van der Waals surface area contributed by atoms with Crippen LogP contribution < -0.4 is 0 Å². The third kappa shape index (κ3) is 1.99. The Morgan fingerprint density at radius 1 is 1.00 bits per heavy atom. The van der Waals surface area contributed by atoms with Gasteiger partial charge in [-0.3, -0.25) is 9.59 Å². The molecule has 6 atom stereocenters. The van der Waals surface area contributed by atoms with E-state index in [9.17, 15) is 9.59 Å². The molecule has 4 fully saturated rings. The average Bonchev–Trinajstić information content (AvgIpc) is 2.83. The number of rotatable bonds is 0. The van der Waals surface area contributed by atoms with Crippen molar-refractivity contribution in [2.75, 3.05) is 0 Å². The minimum atomic E-state index is -0.0479. The molecule has 23 heavy (non-hydrogen) atoms. The largest absolute Gasteiger partial charge is 0.300 e. The Morgan fingerprint density at radius 3 is 2.52 bits per heavy atom. The maximum Gasteiger partial charge on any atom is 0.139 e. The van der Waals surface area contributed by atoms with E-state index in [4.69, 9.17) is 0 Å². The van der Waals surface area contributed by atoms with Crippen LogP contribution in [0, 0.1) is 34.5 Å². The van der Waals surface area contributed by atoms with Gasteiger partial charge in [0.25, 0.3) is 0 Å². The van der Waals surface area contributed by atoms with Gasteiger partial charge in [0.05, 0.1) is 0 Å². The molecule has 0 spiro atoms. The fourth-order valence-electron chi connectivity index (χ4n) is 7.04. The van der Waals surface area contributed by atoms with Crippen LogP contribution in [0.3, 0.4) is 0 Å². The molecule has 0 N–H and O–H groups in total. The molecule has 0 aromatic carbocycles. The average molecular weight is 314 g/mol. The predicted octanol–water partition coefficient (Wildman–Crippen LogP) is 4.72. The van der Waals surface area contributed by atoms with Crippen LogP contribution in [0.15, 0.2) is 11.6 Å². The van der Waals surface area contributed by atoms with E-state index in [0.29, 0.717) is 35.2 Å². The number of hydrogen-bond acceptors (Lipinski definition) is 2. The number of ketones is 2. The van der Waals surface area contributed by atoms with Gasteiger partial charge in [0, 0.05) is 24.7 Å². The summed E-state index contributed by atoms with van der Waals surface area (Å²) >= 11 is 0. The van der Waals surface area contributed by atoms with E-state index in [1.165, 1.54) is 12.0 Å². The van der Waals surface area contributed by atoms with Crippen LogP contribution in [0.2, 0.25) is 0 Å². The number of carbonyl (C=O) groups is 2. The molecule has 1 unspecified atom stereocenters. The minimum Gasteiger partial charge on any atom is -0.300 e. The molecule has 0 aliphatic heterocycles. The van der Waals surface area contributed by atoms with Crippen molar-refractivity contribution in [3.63, 3.8) is 0 Å². The number of allylic oxidation sites excluding steroid dienone is 2. The van der Waals surface area contributed by atoms with Crippen molar-refractivity contribution in [1.29, 1.82) is 0 Å². The van der Waals surface area contributed by atoms with Crippen LogP contribution in [0.4, 0.5) is 0 Å². The minimum absolute atomic E-state index is 0.0479. The standard InChI is InChI=1S/C21H30O2/c1-4-13-11-15-16-5-6-19(23)21(16,3)10-8-17(15)20(2)9-7-14(22)12-18(13)20/h4,15-18H,5-12H2,1-3H3/t15-,16-,17-,18?,20+,21-/m0/s1. The number of Topliss-reactive ketones (excluding diaryl/α,β-unsaturated/α-hetero) is 2. The summed E-state index contributed by atoms with van der Waals surface area (Å²) in [6.45, 7) is 6.86. The zero-order valence-electron chi connectivity index (χ0n) is 14.9. The lowest BCUT2D eigenvalue weighted by molar-refractivity contribution is -0.138. The molecule has 126 valence electrons. The predicted molar refractivity (Wildman–Crippen MR) is 90.9 cm³/mol. The molecule has 4 aliphatic carbocycles. The zero-order chi connectivity index (χ0) is 16.4. The quantitative estimate of drug-likeness (QED) is 0.606. The lowest BCUT2D eigenvalue weighted by atomic mass is 9.44. The zero-order valence-corrected chi connectivity index (χ0v) is 14.9. The molecular weight excluding hydrogens is 284 g/mol. The molecule has 2 nitrogen and oxygen atoms in total. The lowest BCUT2D eigenvalue weighted by Crippen LogP contribution is -2.54. The third-order valence-corrected chi connectivity index (χ3v) is 8.45. The first-order valence-corrected chi connectivity index (χ1v) is 9.60. The van der Waals surface area contributed by atoms with E-state index in [2.05, 4.69) is 26.8 Å². The Bertz CT molecular complexity index is 589. The molecule has 4 rings (SSSR count). The molecule has 0 radical (unpaired) electrons. The summed E-state index contributed by atoms with van der Waals surface area (Å²) in [6.07, 6.45) is 10.2. The monoisotopic (exact) mass is 314 g/mol. The summed E-state index contributed by atoms with van der Waals surface area (Å²) in [5.74, 6) is 3.42. The van der Waals surface area contributed by atoms with E-state index in [1.54, 1.807) is 0 Å². The van der Waals surface area contributed by atoms with Crippen molar-refractivity contribution in [2.45, 2.75) is 72.1 Å². The highest BCUT2D eigenvalue weighted by Crippen LogP contribution is 2.66. The highest BCUT2D eigenvalue weighted by Gasteiger charge is 2.61. The Hall–Kier alpha value is -0.920. The van der Waals surface area contributed by atoms with Crippen molar-refractivity contribution in [3.8, 4) is 0 Å². The van der Waals surface area contributed by atoms with E-state index in [1.807, 2.05) is 0 Å². The fraction of sp³-hybridized carbons (Fsp3) is 0.810. The van der Waals surface area contributed by atoms with Crippen molar-refractivity contribution < 1.29 is 9.59 Å². The van der Waals surface area contributed by atoms with Crippen LogP contribution in [-0.2, 0) is 9.59 Å². The van der Waals surface area contributed by atoms with E-state index < -0.39 is 0 Å². The first-order valence-electron chi connectivity index (χ1n) is 9.60. The second-order valence-corrected chi connectivity index (χ2v) is 9.16. The number of fused-ring (bicyclic) bond motifs is 5. The molecule has 0 aromatic heterocycles. The molecule has 2 heteroatoms. The Labute approximate surface area is 140 Å². The highest BCUT2D eigenvalue weighted by molar-refractivity contribution is 5.87. The summed E-state index contributed by atoms with van der Waals surface area (Å²) in [5.41, 5.74) is 1.75. The second-order valence-electron chi connectivity index (χ2n) is 9.16. The van der Waals surface area contributed by atoms with Gasteiger partial charge in [-0.2, -0.15) is 0 Å². The summed E-state index contributed by atoms with van der Waals surface area (Å²) in [4.78, 5) is 24.6. The molecule has 0 aromatic rings. The van der Waals surface area contributed by atoms with E-state index >= 15 is 0 Å². The van der Waals surface area contributed by atoms with Crippen LogP contribution in [0.1, 0.15) is 72.1 Å². The van der Waals surface area contributed by atoms with Crippen LogP contribution in [0.5, 0.6) is 0 Å². The van der Waals surface area contributed by atoms with Crippen molar-refractivity contribution in [3.05, 3.63) is 11.6 Å². The Kier molecular flexibility index (Phi) is 3.42. The second kappa shape index (κ2) is 5.04. The third-order valence-electron chi connectivity index (χ3n) is 8.45. The lowest BCUT2D eigenvalue weighted by Gasteiger charge is -2.60. The maximum atomic E-state index is 12.5. The van der Waals surface area contributed by atoms with Crippen LogP contribution >= 0.6 is 0 Å². The van der Waals surface area contributed by atoms with Gasteiger partial charge >= 0.3 is 0 Å². The SMILES string of the molecule is CC=C1C[C@@H]2[C@H](CC[C@]3(C)C(=O)CC[C@@H]23)[C@@]2(C)CCC(=O)CC12. The maximum absolute atomic E-state index is 12.5. The topological polar surface area (TPSA) is 34.1 Å². The van der Waals surface area contributed by atoms with Gasteiger partial charge in [-0.05, 0) is 68.1 Å². The van der Waals surface area contributed by atoms with Gasteiger partial charge in [0.15, 0.2) is 0 Å². The van der Waals surface area contributed by atoms with Gasteiger partial charge in [-0.25, -0.2) is 0 Å². The molecular formula is C21H30O2. The molecule has 0 saturated heterocycles. The van der Waals surface area contributed by atoms with Crippen molar-refractivity contribution >= 4 is 11.6 Å². The van der Waals surface area contributed by atoms with Gasteiger partial charge in [-0.15, -0.1) is 0 Å². The summed E-state index contributed by atoms with van der Waals surface area (Å²) in [6, 6.07) is 0. The van der Waals surface area contributed by atoms with E-state index in [0.717, 1.165) is 44.9 Å². The van der Waals surface area contributed by atoms with Gasteiger partial charge in [0.1, 0.15) is 11.6 Å². The number of carbonyl (C=O) groups excluding carboxylic acids is 2. The smallest absolute Gasteiger partial charge is 0.139 e. The van der Waals surface area contributed by atoms with Crippen molar-refractivity contribution in [1.82, 2.24) is 0 Å². The highest BCUT2D eigenvalue weighted by atomic mass is 16.1. The first-order chi connectivity index (χ1) is 10.9. The molecule has 4 saturated carbocycles. The number of hydrogen-bond donors (Lipinski definition) is 0. The van der Waals surface area contributed by atoms with E-state index in [-0.39, 0.29) is 10.8 Å². The van der Waals surface area contributed by atoms with Gasteiger partial charge in [-0.1, -0.05) is 25.5 Å². The molecule has 4 aliphatic rings. The molecule has 0 bridgehead atoms. The molecule has 0 heterocycles. The summed E-state index contributed by atoms with van der Waals surface area (Å²) in [5, 5.41) is 0. The summed E-state index contributed by atoms with van der Waals surface area (Å²) in [7, 11) is 0. The Balaban J connectivity index is 1.73. The first kappa shape index (κ1) is 15.6. The van der Waals surface area contributed by atoms with Crippen molar-refractivity contribution in [2.24, 2.45) is 34.5 Å². The fourth-order valence-corrected chi connectivity index (χ4v) is 7.04.